The van der Waals surface area contributed by atoms with Crippen molar-refractivity contribution in [3.63, 3.8) is 0 Å². The maximum atomic E-state index is 11.8. The third-order valence-electron chi connectivity index (χ3n) is 3.91. The van der Waals surface area contributed by atoms with E-state index in [0.29, 0.717) is 5.71 Å². The van der Waals surface area contributed by atoms with E-state index in [9.17, 15) is 9.59 Å². The molecule has 2 amide bonds. The van der Waals surface area contributed by atoms with Crippen LogP contribution in [-0.2, 0) is 4.79 Å². The zero-order valence-corrected chi connectivity index (χ0v) is 14.8. The van der Waals surface area contributed by atoms with E-state index in [0.717, 1.165) is 16.7 Å². The molecule has 6 heteroatoms. The van der Waals surface area contributed by atoms with Crippen LogP contribution >= 0.6 is 0 Å². The molecule has 6 nitrogen and oxygen atoms in total. The highest BCUT2D eigenvalue weighted by molar-refractivity contribution is 6.00. The average molecular weight is 361 g/mol. The lowest BCUT2D eigenvalue weighted by atomic mass is 10.0. The average Bonchev–Trinajstić information content (AvgIpc) is 3.26. The van der Waals surface area contributed by atoms with Crippen molar-refractivity contribution in [2.45, 2.75) is 6.92 Å². The first kappa shape index (κ1) is 18.1. The summed E-state index contributed by atoms with van der Waals surface area (Å²) >= 11 is 0. The first-order valence-corrected chi connectivity index (χ1v) is 8.44. The zero-order chi connectivity index (χ0) is 19.1. The van der Waals surface area contributed by atoms with Crippen molar-refractivity contribution in [3.05, 3.63) is 84.3 Å². The third kappa shape index (κ3) is 4.92. The van der Waals surface area contributed by atoms with Crippen molar-refractivity contribution >= 4 is 17.5 Å². The molecule has 0 fully saturated rings. The molecule has 0 bridgehead atoms. The fourth-order valence-corrected chi connectivity index (χ4v) is 2.44. The van der Waals surface area contributed by atoms with Gasteiger partial charge in [-0.15, -0.1) is 0 Å². The first-order chi connectivity index (χ1) is 13.1. The summed E-state index contributed by atoms with van der Waals surface area (Å²) in [5, 5.41) is 6.54. The molecule has 2 N–H and O–H groups in total. The molecular formula is C21H19N3O3. The van der Waals surface area contributed by atoms with E-state index in [1.54, 1.807) is 13.0 Å². The quantitative estimate of drug-likeness (QED) is 0.522. The summed E-state index contributed by atoms with van der Waals surface area (Å²) in [6, 6.07) is 21.1. The molecule has 0 radical (unpaired) electrons. The van der Waals surface area contributed by atoms with Gasteiger partial charge < -0.3 is 9.73 Å². The van der Waals surface area contributed by atoms with Crippen LogP contribution in [0.15, 0.2) is 82.5 Å². The molecule has 1 heterocycles. The van der Waals surface area contributed by atoms with E-state index in [-0.39, 0.29) is 12.3 Å². The summed E-state index contributed by atoms with van der Waals surface area (Å²) in [6.45, 7) is 1.61. The Hall–Kier alpha value is -3.67. The lowest BCUT2D eigenvalue weighted by molar-refractivity contribution is -0.120. The van der Waals surface area contributed by atoms with Crippen LogP contribution in [0.2, 0.25) is 0 Å². The van der Waals surface area contributed by atoms with Crippen molar-refractivity contribution in [3.8, 4) is 11.1 Å². The Bertz CT molecular complexity index is 931. The standard InChI is InChI=1S/C21H19N3O3/c1-15(16-9-11-18(12-10-16)17-6-3-2-4-7-17)23-24-20(25)14-22-21(26)19-8-5-13-27-19/h2-13H,14H2,1H3,(H,22,26)(H,24,25). The lowest BCUT2D eigenvalue weighted by Gasteiger charge is -2.06. The van der Waals surface area contributed by atoms with E-state index in [1.165, 1.54) is 12.3 Å². The number of hydrogen-bond acceptors (Lipinski definition) is 4. The maximum absolute atomic E-state index is 11.8. The Balaban J connectivity index is 1.54. The molecule has 0 unspecified atom stereocenters. The summed E-state index contributed by atoms with van der Waals surface area (Å²) in [6.07, 6.45) is 1.39. The Kier molecular flexibility index (Phi) is 5.79. The van der Waals surface area contributed by atoms with Crippen LogP contribution in [0.1, 0.15) is 23.0 Å². The van der Waals surface area contributed by atoms with Crippen molar-refractivity contribution in [1.82, 2.24) is 10.7 Å². The number of benzene rings is 2. The van der Waals surface area contributed by atoms with Gasteiger partial charge in [-0.25, -0.2) is 5.43 Å². The fraction of sp³-hybridized carbons (Fsp3) is 0.0952. The van der Waals surface area contributed by atoms with Crippen molar-refractivity contribution < 1.29 is 14.0 Å². The van der Waals surface area contributed by atoms with E-state index < -0.39 is 11.8 Å². The van der Waals surface area contributed by atoms with Gasteiger partial charge in [-0.3, -0.25) is 9.59 Å². The molecule has 0 saturated heterocycles. The lowest BCUT2D eigenvalue weighted by Crippen LogP contribution is -2.35. The Morgan fingerprint density at radius 1 is 0.926 bits per heavy atom. The highest BCUT2D eigenvalue weighted by Gasteiger charge is 2.10. The van der Waals surface area contributed by atoms with Crippen molar-refractivity contribution in [1.29, 1.82) is 0 Å². The molecule has 136 valence electrons. The Morgan fingerprint density at radius 2 is 1.63 bits per heavy atom. The van der Waals surface area contributed by atoms with Crippen LogP contribution in [0, 0.1) is 0 Å². The van der Waals surface area contributed by atoms with Gasteiger partial charge >= 0.3 is 0 Å². The van der Waals surface area contributed by atoms with Crippen LogP contribution < -0.4 is 10.7 Å². The minimum absolute atomic E-state index is 0.154. The Morgan fingerprint density at radius 3 is 2.30 bits per heavy atom. The van der Waals surface area contributed by atoms with Crippen LogP contribution in [0.25, 0.3) is 11.1 Å². The van der Waals surface area contributed by atoms with Gasteiger partial charge in [0.05, 0.1) is 18.5 Å². The van der Waals surface area contributed by atoms with Gasteiger partial charge in [-0.2, -0.15) is 5.10 Å². The molecular weight excluding hydrogens is 342 g/mol. The summed E-state index contributed by atoms with van der Waals surface area (Å²) < 4.78 is 4.95. The van der Waals surface area contributed by atoms with E-state index in [1.807, 2.05) is 54.6 Å². The van der Waals surface area contributed by atoms with E-state index in [2.05, 4.69) is 15.8 Å². The topological polar surface area (TPSA) is 83.7 Å². The highest BCUT2D eigenvalue weighted by atomic mass is 16.3. The predicted octanol–water partition coefficient (Wildman–Crippen LogP) is 3.22. The number of carbonyl (C=O) groups is 2. The summed E-state index contributed by atoms with van der Waals surface area (Å²) in [5.41, 5.74) is 6.24. The highest BCUT2D eigenvalue weighted by Crippen LogP contribution is 2.19. The van der Waals surface area contributed by atoms with Crippen LogP contribution in [0.3, 0.4) is 0 Å². The van der Waals surface area contributed by atoms with Gasteiger partial charge in [-0.05, 0) is 35.7 Å². The normalized spacial score (nSPS) is 11.1. The monoisotopic (exact) mass is 361 g/mol. The van der Waals surface area contributed by atoms with Crippen molar-refractivity contribution in [2.24, 2.45) is 5.10 Å². The van der Waals surface area contributed by atoms with Gasteiger partial charge in [0.15, 0.2) is 5.76 Å². The van der Waals surface area contributed by atoms with Gasteiger partial charge in [0.1, 0.15) is 0 Å². The molecule has 3 aromatic rings. The second kappa shape index (κ2) is 8.62. The van der Waals surface area contributed by atoms with E-state index in [4.69, 9.17) is 4.42 Å². The molecule has 1 aromatic heterocycles. The number of rotatable bonds is 6. The number of amides is 2. The van der Waals surface area contributed by atoms with Gasteiger partial charge in [0.2, 0.25) is 0 Å². The molecule has 0 saturated carbocycles. The van der Waals surface area contributed by atoms with Crippen LogP contribution in [-0.4, -0.2) is 24.1 Å². The van der Waals surface area contributed by atoms with Gasteiger partial charge in [0.25, 0.3) is 11.8 Å². The SMILES string of the molecule is CC(=NNC(=O)CNC(=O)c1ccco1)c1ccc(-c2ccccc2)cc1. The fourth-order valence-electron chi connectivity index (χ4n) is 2.44. The number of furan rings is 1. The number of hydrogen-bond donors (Lipinski definition) is 2. The van der Waals surface area contributed by atoms with Crippen LogP contribution in [0.4, 0.5) is 0 Å². The molecule has 3 rings (SSSR count). The summed E-state index contributed by atoms with van der Waals surface area (Å²) in [4.78, 5) is 23.5. The maximum Gasteiger partial charge on any atom is 0.287 e. The van der Waals surface area contributed by atoms with Gasteiger partial charge in [-0.1, -0.05) is 54.6 Å². The summed E-state index contributed by atoms with van der Waals surface area (Å²) in [5.74, 6) is -0.719. The predicted molar refractivity (Wildman–Crippen MR) is 103 cm³/mol. The molecule has 0 aliphatic rings. The largest absolute Gasteiger partial charge is 0.459 e. The minimum Gasteiger partial charge on any atom is -0.459 e. The number of hydrazone groups is 1. The second-order valence-corrected chi connectivity index (χ2v) is 5.84. The minimum atomic E-state index is -0.452. The molecule has 0 atom stereocenters. The Labute approximate surface area is 156 Å². The number of nitrogens with zero attached hydrogens (tertiary/aromatic N) is 1. The molecule has 2 aromatic carbocycles. The number of carbonyl (C=O) groups excluding carboxylic acids is 2. The molecule has 0 aliphatic heterocycles. The van der Waals surface area contributed by atoms with E-state index >= 15 is 0 Å². The number of nitrogens with one attached hydrogen (secondary N) is 2. The van der Waals surface area contributed by atoms with Gasteiger partial charge in [0, 0.05) is 0 Å². The van der Waals surface area contributed by atoms with Crippen LogP contribution in [0.5, 0.6) is 0 Å². The first-order valence-electron chi connectivity index (χ1n) is 8.44. The zero-order valence-electron chi connectivity index (χ0n) is 14.8. The molecule has 0 aliphatic carbocycles. The second-order valence-electron chi connectivity index (χ2n) is 5.84. The summed E-state index contributed by atoms with van der Waals surface area (Å²) in [7, 11) is 0. The smallest absolute Gasteiger partial charge is 0.287 e. The third-order valence-corrected chi connectivity index (χ3v) is 3.91. The molecule has 27 heavy (non-hydrogen) atoms. The van der Waals surface area contributed by atoms with Crippen molar-refractivity contribution in [2.75, 3.05) is 6.54 Å². The molecule has 0 spiro atoms.